The van der Waals surface area contributed by atoms with Crippen molar-refractivity contribution < 1.29 is 13.2 Å². The zero-order valence-electron chi connectivity index (χ0n) is 8.86. The number of halogens is 3. The molecule has 0 saturated carbocycles. The van der Waals surface area contributed by atoms with Gasteiger partial charge in [-0.3, -0.25) is 4.98 Å². The lowest BCUT2D eigenvalue weighted by molar-refractivity contribution is -0.142. The van der Waals surface area contributed by atoms with Gasteiger partial charge in [0.05, 0.1) is 23.3 Å². The highest BCUT2D eigenvalue weighted by Gasteiger charge is 2.38. The number of anilines is 1. The number of alkyl halides is 3. The molecule has 4 nitrogen and oxygen atoms in total. The van der Waals surface area contributed by atoms with Crippen molar-refractivity contribution in [3.63, 3.8) is 0 Å². The molecule has 7 heteroatoms. The maximum absolute atomic E-state index is 12.8. The summed E-state index contributed by atoms with van der Waals surface area (Å²) in [5.41, 5.74) is 4.62. The number of pyridine rings is 1. The second-order valence-corrected chi connectivity index (χ2v) is 3.47. The Bertz CT molecular complexity index is 545. The Morgan fingerprint density at radius 2 is 2.06 bits per heavy atom. The molecule has 0 aliphatic heterocycles. The minimum atomic E-state index is -4.55. The van der Waals surface area contributed by atoms with Gasteiger partial charge in [0.1, 0.15) is 0 Å². The van der Waals surface area contributed by atoms with E-state index >= 15 is 0 Å². The third-order valence-electron chi connectivity index (χ3n) is 2.27. The second kappa shape index (κ2) is 3.76. The van der Waals surface area contributed by atoms with E-state index in [0.717, 1.165) is 10.9 Å². The Morgan fingerprint density at radius 3 is 2.65 bits per heavy atom. The highest BCUT2D eigenvalue weighted by atomic mass is 19.4. The normalized spacial score (nSPS) is 11.8. The topological polar surface area (TPSA) is 56.7 Å². The molecular weight excluding hydrogens is 233 g/mol. The quantitative estimate of drug-likeness (QED) is 0.833. The molecular formula is C10H9F3N4. The number of nitrogen functional groups attached to an aromatic ring is 1. The maximum atomic E-state index is 12.8. The van der Waals surface area contributed by atoms with Crippen LogP contribution in [0.25, 0.3) is 5.69 Å². The van der Waals surface area contributed by atoms with Crippen LogP contribution in [0.15, 0.2) is 24.5 Å². The summed E-state index contributed by atoms with van der Waals surface area (Å²) in [6, 6.07) is 3.05. The molecule has 0 unspecified atom stereocenters. The molecule has 0 bridgehead atoms. The van der Waals surface area contributed by atoms with Crippen LogP contribution < -0.4 is 5.73 Å². The van der Waals surface area contributed by atoms with Crippen LogP contribution in [0.3, 0.4) is 0 Å². The molecule has 0 amide bonds. The van der Waals surface area contributed by atoms with Crippen molar-refractivity contribution >= 4 is 5.69 Å². The van der Waals surface area contributed by atoms with Crippen molar-refractivity contribution in [1.29, 1.82) is 0 Å². The van der Waals surface area contributed by atoms with Gasteiger partial charge in [-0.1, -0.05) is 0 Å². The predicted molar refractivity (Wildman–Crippen MR) is 55.5 cm³/mol. The summed E-state index contributed by atoms with van der Waals surface area (Å²) in [6.07, 6.45) is -2.07. The van der Waals surface area contributed by atoms with Crippen LogP contribution in [0.4, 0.5) is 18.9 Å². The van der Waals surface area contributed by atoms with Crippen molar-refractivity contribution in [2.75, 3.05) is 5.73 Å². The molecule has 2 aromatic rings. The summed E-state index contributed by atoms with van der Waals surface area (Å²) in [5.74, 6) is 0. The SMILES string of the molecule is Cc1ncccc1-n1ncc(N)c1C(F)(F)F. The average Bonchev–Trinajstić information content (AvgIpc) is 2.60. The van der Waals surface area contributed by atoms with E-state index in [1.54, 1.807) is 13.0 Å². The molecule has 0 aliphatic rings. The fraction of sp³-hybridized carbons (Fsp3) is 0.200. The van der Waals surface area contributed by atoms with Crippen LogP contribution in [0.1, 0.15) is 11.4 Å². The van der Waals surface area contributed by atoms with Crippen LogP contribution in [-0.2, 0) is 6.18 Å². The minimum Gasteiger partial charge on any atom is -0.396 e. The largest absolute Gasteiger partial charge is 0.435 e. The average molecular weight is 242 g/mol. The number of nitrogens with zero attached hydrogens (tertiary/aromatic N) is 3. The van der Waals surface area contributed by atoms with Crippen molar-refractivity contribution in [3.8, 4) is 5.69 Å². The lowest BCUT2D eigenvalue weighted by Gasteiger charge is -2.12. The highest BCUT2D eigenvalue weighted by molar-refractivity contribution is 5.48. The summed E-state index contributed by atoms with van der Waals surface area (Å²) in [4.78, 5) is 3.92. The number of hydrogen-bond acceptors (Lipinski definition) is 3. The fourth-order valence-electron chi connectivity index (χ4n) is 1.53. The van der Waals surface area contributed by atoms with E-state index in [9.17, 15) is 13.2 Å². The van der Waals surface area contributed by atoms with Crippen LogP contribution in [-0.4, -0.2) is 14.8 Å². The number of nitrogens with two attached hydrogens (primary N) is 1. The number of aryl methyl sites for hydroxylation is 1. The molecule has 90 valence electrons. The van der Waals surface area contributed by atoms with E-state index in [-0.39, 0.29) is 5.69 Å². The first-order chi connectivity index (χ1) is 7.91. The molecule has 2 aromatic heterocycles. The Kier molecular flexibility index (Phi) is 2.53. The van der Waals surface area contributed by atoms with Gasteiger partial charge in [-0.15, -0.1) is 0 Å². The summed E-state index contributed by atoms with van der Waals surface area (Å²) in [5, 5.41) is 3.64. The Hall–Kier alpha value is -2.05. The van der Waals surface area contributed by atoms with Crippen LogP contribution in [0, 0.1) is 6.92 Å². The van der Waals surface area contributed by atoms with Gasteiger partial charge in [0.15, 0.2) is 5.69 Å². The predicted octanol–water partition coefficient (Wildman–Crippen LogP) is 2.18. The van der Waals surface area contributed by atoms with Crippen LogP contribution >= 0.6 is 0 Å². The van der Waals surface area contributed by atoms with Gasteiger partial charge in [0.2, 0.25) is 0 Å². The lowest BCUT2D eigenvalue weighted by atomic mass is 10.3. The van der Waals surface area contributed by atoms with Crippen LogP contribution in [0.5, 0.6) is 0 Å². The van der Waals surface area contributed by atoms with Crippen molar-refractivity contribution in [2.24, 2.45) is 0 Å². The van der Waals surface area contributed by atoms with E-state index < -0.39 is 17.6 Å². The van der Waals surface area contributed by atoms with E-state index in [1.165, 1.54) is 12.3 Å². The molecule has 0 spiro atoms. The molecule has 2 heterocycles. The standard InChI is InChI=1S/C10H9F3N4/c1-6-8(3-2-4-15-6)17-9(10(11,12)13)7(14)5-16-17/h2-5H,14H2,1H3. The van der Waals surface area contributed by atoms with Gasteiger partial charge in [0, 0.05) is 6.20 Å². The molecule has 0 aliphatic carbocycles. The molecule has 17 heavy (non-hydrogen) atoms. The smallest absolute Gasteiger partial charge is 0.396 e. The van der Waals surface area contributed by atoms with E-state index in [1.807, 2.05) is 0 Å². The first kappa shape index (κ1) is 11.4. The Labute approximate surface area is 94.9 Å². The Balaban J connectivity index is 2.66. The van der Waals surface area contributed by atoms with Crippen molar-refractivity contribution in [3.05, 3.63) is 35.9 Å². The van der Waals surface area contributed by atoms with Crippen LogP contribution in [0.2, 0.25) is 0 Å². The molecule has 0 saturated heterocycles. The van der Waals surface area contributed by atoms with Gasteiger partial charge in [-0.2, -0.15) is 18.3 Å². The molecule has 2 rings (SSSR count). The minimum absolute atomic E-state index is 0.261. The summed E-state index contributed by atoms with van der Waals surface area (Å²) < 4.78 is 39.2. The third-order valence-corrected chi connectivity index (χ3v) is 2.27. The first-order valence-electron chi connectivity index (χ1n) is 4.74. The highest BCUT2D eigenvalue weighted by Crippen LogP contribution is 2.35. The monoisotopic (exact) mass is 242 g/mol. The van der Waals surface area contributed by atoms with Gasteiger partial charge in [0.25, 0.3) is 0 Å². The summed E-state index contributed by atoms with van der Waals surface area (Å²) in [6.45, 7) is 1.60. The number of aromatic nitrogens is 3. The first-order valence-corrected chi connectivity index (χ1v) is 4.74. The molecule has 0 radical (unpaired) electrons. The third kappa shape index (κ3) is 1.95. The van der Waals surface area contributed by atoms with E-state index in [4.69, 9.17) is 5.73 Å². The number of hydrogen-bond donors (Lipinski definition) is 1. The summed E-state index contributed by atoms with van der Waals surface area (Å²) in [7, 11) is 0. The molecule has 2 N–H and O–H groups in total. The van der Waals surface area contributed by atoms with Crippen molar-refractivity contribution in [2.45, 2.75) is 13.1 Å². The fourth-order valence-corrected chi connectivity index (χ4v) is 1.53. The molecule has 0 aromatic carbocycles. The summed E-state index contributed by atoms with van der Waals surface area (Å²) >= 11 is 0. The zero-order valence-corrected chi connectivity index (χ0v) is 8.86. The number of rotatable bonds is 1. The van der Waals surface area contributed by atoms with E-state index in [2.05, 4.69) is 10.1 Å². The van der Waals surface area contributed by atoms with Gasteiger partial charge >= 0.3 is 6.18 Å². The van der Waals surface area contributed by atoms with Gasteiger partial charge < -0.3 is 5.73 Å². The molecule has 0 atom stereocenters. The maximum Gasteiger partial charge on any atom is 0.435 e. The lowest BCUT2D eigenvalue weighted by Crippen LogP contribution is -2.16. The second-order valence-electron chi connectivity index (χ2n) is 3.47. The van der Waals surface area contributed by atoms with E-state index in [0.29, 0.717) is 5.69 Å². The van der Waals surface area contributed by atoms with Gasteiger partial charge in [-0.05, 0) is 19.1 Å². The zero-order chi connectivity index (χ0) is 12.6. The Morgan fingerprint density at radius 1 is 1.35 bits per heavy atom. The van der Waals surface area contributed by atoms with Gasteiger partial charge in [-0.25, -0.2) is 4.68 Å². The molecule has 0 fully saturated rings. The van der Waals surface area contributed by atoms with Crippen molar-refractivity contribution in [1.82, 2.24) is 14.8 Å².